The van der Waals surface area contributed by atoms with E-state index in [-0.39, 0.29) is 11.9 Å². The van der Waals surface area contributed by atoms with E-state index in [0.29, 0.717) is 6.04 Å². The molecule has 2 rings (SSSR count). The van der Waals surface area contributed by atoms with E-state index in [1.165, 1.54) is 0 Å². The lowest BCUT2D eigenvalue weighted by molar-refractivity contribution is -0.134. The fourth-order valence-electron chi connectivity index (χ4n) is 2.86. The Morgan fingerprint density at radius 2 is 2.00 bits per heavy atom. The minimum absolute atomic E-state index is 0.0693. The van der Waals surface area contributed by atoms with Crippen LogP contribution < -0.4 is 4.74 Å². The molecule has 1 heterocycles. The Balaban J connectivity index is 2.34. The molecule has 1 aromatic carbocycles. The number of amides is 1. The van der Waals surface area contributed by atoms with Gasteiger partial charge in [0.15, 0.2) is 0 Å². The molecule has 0 radical (unpaired) electrons. The zero-order valence-corrected chi connectivity index (χ0v) is 12.8. The van der Waals surface area contributed by atoms with Crippen molar-refractivity contribution in [3.05, 3.63) is 29.8 Å². The number of ether oxygens (including phenoxy) is 1. The summed E-state index contributed by atoms with van der Waals surface area (Å²) in [5.41, 5.74) is 1.09. The van der Waals surface area contributed by atoms with Gasteiger partial charge in [-0.2, -0.15) is 0 Å². The van der Waals surface area contributed by atoms with Gasteiger partial charge in [0.1, 0.15) is 5.75 Å². The number of nitrogens with zero attached hydrogens (tertiary/aromatic N) is 2. The standard InChI is InChI=1S/C16H24N2O2/c1-12(2)17-9-10-18(13(3)19)15(11-17)14-7-5-6-8-16(14)20-4/h5-8,12,15H,9-11H2,1-4H3/t15-/m1/s1. The van der Waals surface area contributed by atoms with Crippen LogP contribution in [0.4, 0.5) is 0 Å². The van der Waals surface area contributed by atoms with Gasteiger partial charge in [-0.15, -0.1) is 0 Å². The van der Waals surface area contributed by atoms with Gasteiger partial charge >= 0.3 is 0 Å². The van der Waals surface area contributed by atoms with Gasteiger partial charge < -0.3 is 9.64 Å². The molecular formula is C16H24N2O2. The first kappa shape index (κ1) is 14.9. The number of rotatable bonds is 3. The van der Waals surface area contributed by atoms with E-state index in [0.717, 1.165) is 30.9 Å². The molecule has 0 saturated carbocycles. The lowest BCUT2D eigenvalue weighted by Crippen LogP contribution is -2.52. The number of carbonyl (C=O) groups excluding carboxylic acids is 1. The topological polar surface area (TPSA) is 32.8 Å². The third kappa shape index (κ3) is 2.96. The molecule has 0 spiro atoms. The average molecular weight is 276 g/mol. The van der Waals surface area contributed by atoms with Gasteiger partial charge in [-0.25, -0.2) is 0 Å². The maximum absolute atomic E-state index is 11.9. The number of carbonyl (C=O) groups is 1. The molecule has 4 nitrogen and oxygen atoms in total. The molecule has 0 aliphatic carbocycles. The van der Waals surface area contributed by atoms with Gasteiger partial charge in [0, 0.05) is 38.2 Å². The van der Waals surface area contributed by atoms with Gasteiger partial charge in [0.2, 0.25) is 5.91 Å². The molecule has 1 amide bonds. The van der Waals surface area contributed by atoms with Crippen LogP contribution in [0.1, 0.15) is 32.4 Å². The van der Waals surface area contributed by atoms with Gasteiger partial charge in [0.25, 0.3) is 0 Å². The summed E-state index contributed by atoms with van der Waals surface area (Å²) in [5, 5.41) is 0. The van der Waals surface area contributed by atoms with Crippen LogP contribution in [0, 0.1) is 0 Å². The molecule has 0 N–H and O–H groups in total. The van der Waals surface area contributed by atoms with Crippen molar-refractivity contribution in [3.63, 3.8) is 0 Å². The van der Waals surface area contributed by atoms with Crippen LogP contribution in [-0.2, 0) is 4.79 Å². The zero-order chi connectivity index (χ0) is 14.7. The van der Waals surface area contributed by atoms with Crippen molar-refractivity contribution in [1.29, 1.82) is 0 Å². The Kier molecular flexibility index (Phi) is 4.65. The van der Waals surface area contributed by atoms with Gasteiger partial charge in [-0.1, -0.05) is 18.2 Å². The highest BCUT2D eigenvalue weighted by molar-refractivity contribution is 5.74. The molecule has 110 valence electrons. The summed E-state index contributed by atoms with van der Waals surface area (Å²) >= 11 is 0. The largest absolute Gasteiger partial charge is 0.496 e. The van der Waals surface area contributed by atoms with Crippen molar-refractivity contribution in [3.8, 4) is 5.75 Å². The molecule has 4 heteroatoms. The van der Waals surface area contributed by atoms with Crippen molar-refractivity contribution >= 4 is 5.91 Å². The molecular weight excluding hydrogens is 252 g/mol. The Morgan fingerprint density at radius 1 is 1.30 bits per heavy atom. The van der Waals surface area contributed by atoms with E-state index in [1.807, 2.05) is 23.1 Å². The van der Waals surface area contributed by atoms with Crippen LogP contribution in [0.15, 0.2) is 24.3 Å². The van der Waals surface area contributed by atoms with Gasteiger partial charge in [0.05, 0.1) is 13.2 Å². The Bertz CT molecular complexity index is 473. The lowest BCUT2D eigenvalue weighted by Gasteiger charge is -2.43. The monoisotopic (exact) mass is 276 g/mol. The quantitative estimate of drug-likeness (QED) is 0.849. The molecule has 1 aromatic rings. The predicted molar refractivity (Wildman–Crippen MR) is 79.8 cm³/mol. The molecule has 20 heavy (non-hydrogen) atoms. The van der Waals surface area contributed by atoms with Crippen molar-refractivity contribution in [1.82, 2.24) is 9.80 Å². The number of methoxy groups -OCH3 is 1. The van der Waals surface area contributed by atoms with E-state index in [9.17, 15) is 4.79 Å². The second-order valence-electron chi connectivity index (χ2n) is 5.56. The van der Waals surface area contributed by atoms with Crippen molar-refractivity contribution in [2.45, 2.75) is 32.9 Å². The normalized spacial score (nSPS) is 20.2. The van der Waals surface area contributed by atoms with Gasteiger partial charge in [-0.05, 0) is 19.9 Å². The maximum atomic E-state index is 11.9. The maximum Gasteiger partial charge on any atom is 0.220 e. The van der Waals surface area contributed by atoms with Crippen LogP contribution in [0.5, 0.6) is 5.75 Å². The summed E-state index contributed by atoms with van der Waals surface area (Å²) in [7, 11) is 1.68. The fourth-order valence-corrected chi connectivity index (χ4v) is 2.86. The Labute approximate surface area is 121 Å². The zero-order valence-electron chi connectivity index (χ0n) is 12.8. The first-order chi connectivity index (χ1) is 9.54. The highest BCUT2D eigenvalue weighted by Gasteiger charge is 2.32. The minimum Gasteiger partial charge on any atom is -0.496 e. The summed E-state index contributed by atoms with van der Waals surface area (Å²) in [6.07, 6.45) is 0. The molecule has 1 aliphatic heterocycles. The predicted octanol–water partition coefficient (Wildman–Crippen LogP) is 2.31. The Morgan fingerprint density at radius 3 is 2.60 bits per heavy atom. The summed E-state index contributed by atoms with van der Waals surface area (Å²) in [6.45, 7) is 8.61. The highest BCUT2D eigenvalue weighted by Crippen LogP contribution is 2.32. The number of hydrogen-bond donors (Lipinski definition) is 0. The van der Waals surface area contributed by atoms with E-state index in [1.54, 1.807) is 14.0 Å². The molecule has 1 aliphatic rings. The van der Waals surface area contributed by atoms with Crippen LogP contribution in [0.2, 0.25) is 0 Å². The molecule has 1 atom stereocenters. The van der Waals surface area contributed by atoms with E-state index >= 15 is 0 Å². The first-order valence-electron chi connectivity index (χ1n) is 7.18. The van der Waals surface area contributed by atoms with Crippen molar-refractivity contribution in [2.24, 2.45) is 0 Å². The van der Waals surface area contributed by atoms with Crippen LogP contribution >= 0.6 is 0 Å². The Hall–Kier alpha value is -1.55. The SMILES string of the molecule is COc1ccccc1[C@H]1CN(C(C)C)CCN1C(C)=O. The molecule has 1 saturated heterocycles. The van der Waals surface area contributed by atoms with Crippen LogP contribution in [0.25, 0.3) is 0 Å². The molecule has 0 aromatic heterocycles. The van der Waals surface area contributed by atoms with Crippen LogP contribution in [-0.4, -0.2) is 48.5 Å². The number of benzene rings is 1. The van der Waals surface area contributed by atoms with Gasteiger partial charge in [-0.3, -0.25) is 9.69 Å². The van der Waals surface area contributed by atoms with Crippen LogP contribution in [0.3, 0.4) is 0 Å². The molecule has 0 bridgehead atoms. The smallest absolute Gasteiger partial charge is 0.220 e. The minimum atomic E-state index is 0.0693. The summed E-state index contributed by atoms with van der Waals surface area (Å²) in [4.78, 5) is 16.3. The van der Waals surface area contributed by atoms with Crippen molar-refractivity contribution in [2.75, 3.05) is 26.7 Å². The van der Waals surface area contributed by atoms with E-state index in [2.05, 4.69) is 24.8 Å². The van der Waals surface area contributed by atoms with E-state index < -0.39 is 0 Å². The lowest BCUT2D eigenvalue weighted by atomic mass is 10.00. The molecule has 0 unspecified atom stereocenters. The average Bonchev–Trinajstić information content (AvgIpc) is 2.46. The summed E-state index contributed by atoms with van der Waals surface area (Å²) in [5.74, 6) is 0.985. The third-order valence-electron chi connectivity index (χ3n) is 4.04. The first-order valence-corrected chi connectivity index (χ1v) is 7.18. The second-order valence-corrected chi connectivity index (χ2v) is 5.56. The summed E-state index contributed by atoms with van der Waals surface area (Å²) < 4.78 is 5.47. The van der Waals surface area contributed by atoms with E-state index in [4.69, 9.17) is 4.74 Å². The number of piperazine rings is 1. The third-order valence-corrected chi connectivity index (χ3v) is 4.04. The number of para-hydroxylation sites is 1. The molecule has 1 fully saturated rings. The fraction of sp³-hybridized carbons (Fsp3) is 0.562. The van der Waals surface area contributed by atoms with Crippen molar-refractivity contribution < 1.29 is 9.53 Å². The highest BCUT2D eigenvalue weighted by atomic mass is 16.5. The second kappa shape index (κ2) is 6.27. The number of hydrogen-bond acceptors (Lipinski definition) is 3. The summed E-state index contributed by atoms with van der Waals surface area (Å²) in [6, 6.07) is 8.54.